The topological polar surface area (TPSA) is 90.7 Å². The maximum Gasteiger partial charge on any atom is 0.244 e. The van der Waals surface area contributed by atoms with Crippen LogP contribution in [0.1, 0.15) is 18.9 Å². The fourth-order valence-electron chi connectivity index (χ4n) is 2.33. The first-order valence-corrected chi connectivity index (χ1v) is 8.36. The Kier molecular flexibility index (Phi) is 4.79. The minimum Gasteiger partial charge on any atom is -0.495 e. The van der Waals surface area contributed by atoms with Gasteiger partial charge in [-0.1, -0.05) is 11.6 Å². The van der Waals surface area contributed by atoms with Gasteiger partial charge in [0.05, 0.1) is 19.3 Å². The smallest absolute Gasteiger partial charge is 0.244 e. The summed E-state index contributed by atoms with van der Waals surface area (Å²) in [5.74, 6) is 0.219. The molecule has 1 fully saturated rings. The van der Waals surface area contributed by atoms with Gasteiger partial charge in [-0.3, -0.25) is 0 Å². The van der Waals surface area contributed by atoms with Crippen molar-refractivity contribution in [3.8, 4) is 5.75 Å². The molecule has 118 valence electrons. The Morgan fingerprint density at radius 3 is 2.76 bits per heavy atom. The molecule has 0 aliphatic carbocycles. The van der Waals surface area contributed by atoms with Gasteiger partial charge in [0.25, 0.3) is 0 Å². The lowest BCUT2D eigenvalue weighted by Gasteiger charge is -2.24. The van der Waals surface area contributed by atoms with Crippen molar-refractivity contribution < 1.29 is 17.9 Å². The lowest BCUT2D eigenvalue weighted by atomic mass is 10.0. The maximum atomic E-state index is 12.6. The molecule has 0 aromatic heterocycles. The number of halogens is 1. The average molecular weight is 335 g/mol. The first-order valence-electron chi connectivity index (χ1n) is 6.49. The molecule has 3 N–H and O–H groups in total. The fourth-order valence-corrected chi connectivity index (χ4v) is 4.30. The number of nitrogens with two attached hydrogens (primary N) is 1. The molecule has 21 heavy (non-hydrogen) atoms. The summed E-state index contributed by atoms with van der Waals surface area (Å²) in [7, 11) is -2.39. The minimum absolute atomic E-state index is 0.00826. The van der Waals surface area contributed by atoms with E-state index in [-0.39, 0.29) is 17.2 Å². The highest BCUT2D eigenvalue weighted by atomic mass is 35.5. The summed E-state index contributed by atoms with van der Waals surface area (Å²) in [6.07, 6.45) is 0.610. The lowest BCUT2D eigenvalue weighted by Crippen LogP contribution is -2.46. The molecule has 6 nitrogen and oxygen atoms in total. The number of benzene rings is 1. The Morgan fingerprint density at radius 2 is 2.24 bits per heavy atom. The molecule has 1 aliphatic heterocycles. The molecule has 0 amide bonds. The second-order valence-electron chi connectivity index (χ2n) is 5.27. The summed E-state index contributed by atoms with van der Waals surface area (Å²) in [6.45, 7) is 2.80. The Labute approximate surface area is 129 Å². The predicted octanol–water partition coefficient (Wildman–Crippen LogP) is 1.26. The molecule has 0 bridgehead atoms. The summed E-state index contributed by atoms with van der Waals surface area (Å²) in [5, 5.41) is 0.296. The predicted molar refractivity (Wildman–Crippen MR) is 80.1 cm³/mol. The van der Waals surface area contributed by atoms with Crippen molar-refractivity contribution in [2.45, 2.75) is 30.3 Å². The van der Waals surface area contributed by atoms with Gasteiger partial charge in [-0.15, -0.1) is 0 Å². The highest BCUT2D eigenvalue weighted by Crippen LogP contribution is 2.33. The van der Waals surface area contributed by atoms with E-state index in [1.807, 2.05) is 0 Å². The molecule has 8 heteroatoms. The van der Waals surface area contributed by atoms with Crippen molar-refractivity contribution >= 4 is 21.6 Å². The third kappa shape index (κ3) is 3.49. The highest BCUT2D eigenvalue weighted by Gasteiger charge is 2.36. The Bertz CT molecular complexity index is 627. The third-order valence-corrected chi connectivity index (χ3v) is 5.27. The second kappa shape index (κ2) is 6.10. The van der Waals surface area contributed by atoms with Gasteiger partial charge in [-0.2, -0.15) is 0 Å². The number of methoxy groups -OCH3 is 1. The van der Waals surface area contributed by atoms with E-state index in [2.05, 4.69) is 4.72 Å². The molecule has 1 heterocycles. The van der Waals surface area contributed by atoms with E-state index in [0.717, 1.165) is 0 Å². The zero-order chi connectivity index (χ0) is 15.7. The van der Waals surface area contributed by atoms with Crippen molar-refractivity contribution in [2.75, 3.05) is 20.3 Å². The van der Waals surface area contributed by atoms with E-state index in [0.29, 0.717) is 30.2 Å². The number of rotatable bonds is 5. The van der Waals surface area contributed by atoms with Crippen LogP contribution in [0, 0.1) is 0 Å². The number of hydrogen-bond acceptors (Lipinski definition) is 5. The van der Waals surface area contributed by atoms with Crippen LogP contribution < -0.4 is 15.2 Å². The summed E-state index contributed by atoms with van der Waals surface area (Å²) in [5.41, 5.74) is 5.53. The number of sulfonamides is 1. The summed E-state index contributed by atoms with van der Waals surface area (Å²) >= 11 is 5.99. The minimum atomic E-state index is -3.79. The van der Waals surface area contributed by atoms with Crippen LogP contribution in [0.4, 0.5) is 0 Å². The van der Waals surface area contributed by atoms with E-state index in [4.69, 9.17) is 26.8 Å². The first-order chi connectivity index (χ1) is 9.81. The molecule has 1 aliphatic rings. The van der Waals surface area contributed by atoms with Gasteiger partial charge in [-0.25, -0.2) is 13.1 Å². The normalized spacial score (nSPS) is 22.5. The molecule has 0 radical (unpaired) electrons. The Hall–Kier alpha value is -0.860. The van der Waals surface area contributed by atoms with Gasteiger partial charge in [0.15, 0.2) is 0 Å². The van der Waals surface area contributed by atoms with Crippen LogP contribution in [-0.2, 0) is 21.3 Å². The molecule has 1 atom stereocenters. The summed E-state index contributed by atoms with van der Waals surface area (Å²) in [4.78, 5) is -0.00826. The van der Waals surface area contributed by atoms with E-state index in [1.54, 1.807) is 13.0 Å². The zero-order valence-corrected chi connectivity index (χ0v) is 13.6. The third-order valence-electron chi connectivity index (χ3n) is 3.41. The zero-order valence-electron chi connectivity index (χ0n) is 12.0. The van der Waals surface area contributed by atoms with Crippen molar-refractivity contribution in [2.24, 2.45) is 5.73 Å². The van der Waals surface area contributed by atoms with Gasteiger partial charge in [0, 0.05) is 23.7 Å². The number of nitrogens with one attached hydrogen (secondary N) is 1. The van der Waals surface area contributed by atoms with E-state index in [1.165, 1.54) is 13.2 Å². The first kappa shape index (κ1) is 16.5. The molecule has 1 aromatic rings. The van der Waals surface area contributed by atoms with Crippen molar-refractivity contribution in [3.63, 3.8) is 0 Å². The van der Waals surface area contributed by atoms with E-state index in [9.17, 15) is 8.42 Å². The maximum absolute atomic E-state index is 12.6. The van der Waals surface area contributed by atoms with Crippen LogP contribution in [0.15, 0.2) is 17.0 Å². The standard InChI is InChI=1S/C13H19ClN2O4S/c1-13(3-4-20-8-13)16-21(17,18)11-6-10(14)5-9(7-15)12(11)19-2/h5-6,16H,3-4,7-8,15H2,1-2H3. The van der Waals surface area contributed by atoms with Gasteiger partial charge < -0.3 is 15.2 Å². The number of hydrogen-bond donors (Lipinski definition) is 2. The van der Waals surface area contributed by atoms with Crippen LogP contribution in [0.3, 0.4) is 0 Å². The van der Waals surface area contributed by atoms with Gasteiger partial charge in [0.1, 0.15) is 10.6 Å². The Morgan fingerprint density at radius 1 is 1.52 bits per heavy atom. The largest absolute Gasteiger partial charge is 0.495 e. The van der Waals surface area contributed by atoms with Crippen LogP contribution in [0.25, 0.3) is 0 Å². The van der Waals surface area contributed by atoms with Crippen molar-refractivity contribution in [3.05, 3.63) is 22.7 Å². The van der Waals surface area contributed by atoms with Gasteiger partial charge in [-0.05, 0) is 25.5 Å². The van der Waals surface area contributed by atoms with E-state index >= 15 is 0 Å². The van der Waals surface area contributed by atoms with E-state index < -0.39 is 15.6 Å². The molecular formula is C13H19ClN2O4S. The average Bonchev–Trinajstić information content (AvgIpc) is 2.83. The van der Waals surface area contributed by atoms with Crippen LogP contribution in [0.2, 0.25) is 5.02 Å². The monoisotopic (exact) mass is 334 g/mol. The summed E-state index contributed by atoms with van der Waals surface area (Å²) < 4.78 is 38.4. The fraction of sp³-hybridized carbons (Fsp3) is 0.538. The summed E-state index contributed by atoms with van der Waals surface area (Å²) in [6, 6.07) is 2.96. The molecule has 1 saturated heterocycles. The SMILES string of the molecule is COc1c(CN)cc(Cl)cc1S(=O)(=O)NC1(C)CCOC1. The molecule has 0 saturated carbocycles. The van der Waals surface area contributed by atoms with Crippen LogP contribution in [-0.4, -0.2) is 34.3 Å². The second-order valence-corrected chi connectivity index (χ2v) is 7.36. The van der Waals surface area contributed by atoms with Gasteiger partial charge in [0.2, 0.25) is 10.0 Å². The highest BCUT2D eigenvalue weighted by molar-refractivity contribution is 7.89. The van der Waals surface area contributed by atoms with Crippen molar-refractivity contribution in [1.82, 2.24) is 4.72 Å². The molecule has 1 unspecified atom stereocenters. The Balaban J connectivity index is 2.46. The van der Waals surface area contributed by atoms with Crippen LogP contribution >= 0.6 is 11.6 Å². The molecule has 2 rings (SSSR count). The van der Waals surface area contributed by atoms with Crippen LogP contribution in [0.5, 0.6) is 5.75 Å². The molecular weight excluding hydrogens is 316 g/mol. The number of ether oxygens (including phenoxy) is 2. The van der Waals surface area contributed by atoms with Gasteiger partial charge >= 0.3 is 0 Å². The quantitative estimate of drug-likeness (QED) is 0.846. The van der Waals surface area contributed by atoms with Crippen molar-refractivity contribution in [1.29, 1.82) is 0 Å². The molecule has 0 spiro atoms. The lowest BCUT2D eigenvalue weighted by molar-refractivity contribution is 0.178. The molecule has 1 aromatic carbocycles.